The summed E-state index contributed by atoms with van der Waals surface area (Å²) < 4.78 is 9.16. The Labute approximate surface area is 212 Å². The first kappa shape index (κ1) is 25.1. The number of nitrogens with one attached hydrogen (secondary N) is 1. The molecule has 13 nitrogen and oxygen atoms in total. The first-order valence-corrected chi connectivity index (χ1v) is 12.3. The van der Waals surface area contributed by atoms with Crippen molar-refractivity contribution in [3.05, 3.63) is 53.5 Å². The molecule has 0 bridgehead atoms. The molecule has 188 valence electrons. The number of thioether (sulfide) groups is 1. The van der Waals surface area contributed by atoms with E-state index in [-0.39, 0.29) is 34.6 Å². The second-order valence-corrected chi connectivity index (χ2v) is 9.48. The number of hydrogen-bond acceptors (Lipinski definition) is 12. The summed E-state index contributed by atoms with van der Waals surface area (Å²) in [7, 11) is 0. The molecule has 0 spiro atoms. The minimum atomic E-state index is -1.17. The molecule has 4 N–H and O–H groups in total. The van der Waals surface area contributed by atoms with E-state index in [1.165, 1.54) is 29.8 Å². The predicted octanol–water partition coefficient (Wildman–Crippen LogP) is 0.341. The number of aliphatic carboxylic acids is 1. The van der Waals surface area contributed by atoms with Crippen LogP contribution in [0.25, 0.3) is 0 Å². The maximum atomic E-state index is 13.0. The minimum absolute atomic E-state index is 0.0337. The predicted molar refractivity (Wildman–Crippen MR) is 128 cm³/mol. The molecule has 0 radical (unpaired) electrons. The molecule has 2 aliphatic rings. The number of nitrogens with zero attached hydrogens (tertiary/aromatic N) is 4. The van der Waals surface area contributed by atoms with Crippen LogP contribution in [0.3, 0.4) is 0 Å². The van der Waals surface area contributed by atoms with Gasteiger partial charge in [-0.1, -0.05) is 35.5 Å². The highest BCUT2D eigenvalue weighted by molar-refractivity contribution is 8.00. The van der Waals surface area contributed by atoms with Crippen LogP contribution in [0.5, 0.6) is 0 Å². The van der Waals surface area contributed by atoms with Crippen LogP contribution in [0.15, 0.2) is 47.3 Å². The van der Waals surface area contributed by atoms with Crippen LogP contribution in [-0.2, 0) is 35.4 Å². The summed E-state index contributed by atoms with van der Waals surface area (Å²) >= 11 is 2.02. The molecule has 2 aliphatic heterocycles. The molecule has 2 unspecified atom stereocenters. The van der Waals surface area contributed by atoms with Gasteiger partial charge in [0.05, 0.1) is 5.57 Å². The summed E-state index contributed by atoms with van der Waals surface area (Å²) in [5, 5.41) is 15.0. The number of rotatable bonds is 9. The van der Waals surface area contributed by atoms with Gasteiger partial charge in [-0.05, 0) is 12.5 Å². The maximum Gasteiger partial charge on any atom is 0.350 e. The van der Waals surface area contributed by atoms with Crippen molar-refractivity contribution in [2.45, 2.75) is 31.1 Å². The van der Waals surface area contributed by atoms with Crippen molar-refractivity contribution >= 4 is 57.9 Å². The van der Waals surface area contributed by atoms with E-state index in [9.17, 15) is 19.2 Å². The SMILES string of the molecule is CC(ON=C(C(=O)NC1C(=O)N2C=C(C(=O)O)CS[C@H]12)c1nsc(N)n1)C(=O)OCc1ccccc1. The van der Waals surface area contributed by atoms with E-state index in [1.54, 1.807) is 12.1 Å². The van der Waals surface area contributed by atoms with Gasteiger partial charge in [-0.25, -0.2) is 9.59 Å². The number of esters is 1. The fourth-order valence-corrected chi connectivity index (χ4v) is 4.86. The lowest BCUT2D eigenvalue weighted by Crippen LogP contribution is -2.69. The maximum absolute atomic E-state index is 13.0. The van der Waals surface area contributed by atoms with Crippen LogP contribution in [0.2, 0.25) is 0 Å². The summed E-state index contributed by atoms with van der Waals surface area (Å²) in [5.74, 6) is -3.11. The third-order valence-electron chi connectivity index (χ3n) is 5.07. The van der Waals surface area contributed by atoms with E-state index < -0.39 is 41.3 Å². The molecule has 3 atom stereocenters. The van der Waals surface area contributed by atoms with Gasteiger partial charge in [-0.3, -0.25) is 9.59 Å². The first-order valence-electron chi connectivity index (χ1n) is 10.5. The number of hydrogen-bond donors (Lipinski definition) is 3. The molecular formula is C21H20N6O7S2. The monoisotopic (exact) mass is 532 g/mol. The van der Waals surface area contributed by atoms with E-state index in [0.717, 1.165) is 17.1 Å². The highest BCUT2D eigenvalue weighted by Gasteiger charge is 2.50. The van der Waals surface area contributed by atoms with E-state index in [4.69, 9.17) is 20.4 Å². The Hall–Kier alpha value is -3.98. The topological polar surface area (TPSA) is 186 Å². The number of benzene rings is 1. The van der Waals surface area contributed by atoms with E-state index in [1.807, 2.05) is 18.2 Å². The van der Waals surface area contributed by atoms with Crippen LogP contribution in [0, 0.1) is 0 Å². The Morgan fingerprint density at radius 2 is 2.08 bits per heavy atom. The number of oxime groups is 1. The first-order chi connectivity index (χ1) is 17.2. The smallest absolute Gasteiger partial charge is 0.350 e. The van der Waals surface area contributed by atoms with Crippen molar-refractivity contribution in [3.8, 4) is 0 Å². The minimum Gasteiger partial charge on any atom is -0.478 e. The lowest BCUT2D eigenvalue weighted by atomic mass is 10.1. The number of β-lactam (4-membered cyclic amide) rings is 1. The van der Waals surface area contributed by atoms with Gasteiger partial charge in [0.1, 0.15) is 18.0 Å². The van der Waals surface area contributed by atoms with Gasteiger partial charge < -0.3 is 30.6 Å². The van der Waals surface area contributed by atoms with Gasteiger partial charge in [-0.2, -0.15) is 9.36 Å². The lowest BCUT2D eigenvalue weighted by molar-refractivity contribution is -0.157. The number of nitrogens with two attached hydrogens (primary N) is 1. The third-order valence-corrected chi connectivity index (χ3v) is 6.93. The zero-order valence-electron chi connectivity index (χ0n) is 18.7. The molecule has 2 amide bonds. The molecule has 0 saturated carbocycles. The number of ether oxygens (including phenoxy) is 1. The molecule has 3 heterocycles. The van der Waals surface area contributed by atoms with Gasteiger partial charge in [0.15, 0.2) is 5.13 Å². The summed E-state index contributed by atoms with van der Waals surface area (Å²) in [6.45, 7) is 1.43. The largest absolute Gasteiger partial charge is 0.478 e. The van der Waals surface area contributed by atoms with Crippen molar-refractivity contribution in [3.63, 3.8) is 0 Å². The molecule has 4 rings (SSSR count). The van der Waals surface area contributed by atoms with Crippen LogP contribution in [0.4, 0.5) is 5.13 Å². The number of fused-ring (bicyclic) bond motifs is 1. The van der Waals surface area contributed by atoms with Gasteiger partial charge in [0, 0.05) is 23.5 Å². The summed E-state index contributed by atoms with van der Waals surface area (Å²) in [6, 6.07) is 8.12. The molecular weight excluding hydrogens is 512 g/mol. The normalized spacial score (nSPS) is 19.9. The number of anilines is 1. The number of carbonyl (C=O) groups excluding carboxylic acids is 3. The molecule has 36 heavy (non-hydrogen) atoms. The van der Waals surface area contributed by atoms with E-state index in [0.29, 0.717) is 0 Å². The fourth-order valence-electron chi connectivity index (χ4n) is 3.18. The van der Waals surface area contributed by atoms with Crippen LogP contribution in [0.1, 0.15) is 18.3 Å². The quantitative estimate of drug-likeness (QED) is 0.175. The van der Waals surface area contributed by atoms with Gasteiger partial charge in [0.2, 0.25) is 17.6 Å². The summed E-state index contributed by atoms with van der Waals surface area (Å²) in [4.78, 5) is 59.3. The summed E-state index contributed by atoms with van der Waals surface area (Å²) in [6.07, 6.45) is 0.0969. The number of nitrogen functional groups attached to an aromatic ring is 1. The molecule has 2 aromatic rings. The summed E-state index contributed by atoms with van der Waals surface area (Å²) in [5.41, 5.74) is 6.11. The van der Waals surface area contributed by atoms with Crippen molar-refractivity contribution in [2.24, 2.45) is 5.16 Å². The second kappa shape index (κ2) is 10.7. The van der Waals surface area contributed by atoms with Crippen molar-refractivity contribution in [1.29, 1.82) is 0 Å². The van der Waals surface area contributed by atoms with Gasteiger partial charge in [0.25, 0.3) is 11.8 Å². The van der Waals surface area contributed by atoms with Gasteiger partial charge >= 0.3 is 11.9 Å². The average molecular weight is 533 g/mol. The lowest BCUT2D eigenvalue weighted by Gasteiger charge is -2.46. The van der Waals surface area contributed by atoms with Crippen molar-refractivity contribution in [1.82, 2.24) is 19.6 Å². The van der Waals surface area contributed by atoms with Gasteiger partial charge in [-0.15, -0.1) is 11.8 Å². The Kier molecular flexibility index (Phi) is 7.49. The number of aromatic nitrogens is 2. The number of carboxylic acids is 1. The molecule has 1 fully saturated rings. The number of carboxylic acid groups (broad SMARTS) is 1. The molecule has 0 aliphatic carbocycles. The fraction of sp³-hybridized carbons (Fsp3) is 0.286. The Balaban J connectivity index is 1.42. The third kappa shape index (κ3) is 5.46. The zero-order chi connectivity index (χ0) is 25.8. The van der Waals surface area contributed by atoms with E-state index >= 15 is 0 Å². The van der Waals surface area contributed by atoms with Crippen LogP contribution >= 0.6 is 23.3 Å². The van der Waals surface area contributed by atoms with Crippen LogP contribution in [-0.4, -0.2) is 72.1 Å². The standard InChI is InChI=1S/C21H20N6O7S2/c1-10(20(32)33-8-11-5-3-2-4-6-11)34-25-13(15-24-21(22)36-26-15)16(28)23-14-17(29)27-7-12(19(30)31)9-35-18(14)27/h2-7,10,14,18H,8-9H2,1H3,(H,23,28)(H,30,31)(H2,22,24,26)/t10?,14?,18-/m1/s1. The highest BCUT2D eigenvalue weighted by atomic mass is 32.2. The second-order valence-electron chi connectivity index (χ2n) is 7.59. The Morgan fingerprint density at radius 1 is 1.33 bits per heavy atom. The van der Waals surface area contributed by atoms with E-state index in [2.05, 4.69) is 19.8 Å². The Morgan fingerprint density at radius 3 is 2.75 bits per heavy atom. The number of carbonyl (C=O) groups is 4. The Bertz CT molecular complexity index is 1250. The zero-order valence-corrected chi connectivity index (χ0v) is 20.3. The number of amides is 2. The average Bonchev–Trinajstić information content (AvgIpc) is 3.31. The molecule has 1 aromatic heterocycles. The van der Waals surface area contributed by atoms with Crippen molar-refractivity contribution in [2.75, 3.05) is 11.5 Å². The molecule has 1 saturated heterocycles. The van der Waals surface area contributed by atoms with Crippen molar-refractivity contribution < 1.29 is 33.9 Å². The van der Waals surface area contributed by atoms with Crippen LogP contribution < -0.4 is 11.1 Å². The molecule has 15 heteroatoms. The molecule has 1 aromatic carbocycles. The highest BCUT2D eigenvalue weighted by Crippen LogP contribution is 2.36.